The van der Waals surface area contributed by atoms with Crippen LogP contribution in [0.2, 0.25) is 0 Å². The minimum absolute atomic E-state index is 0.0918. The highest BCUT2D eigenvalue weighted by molar-refractivity contribution is 5.78. The van der Waals surface area contributed by atoms with Crippen molar-refractivity contribution in [1.29, 1.82) is 0 Å². The molecule has 100 valence electrons. The Morgan fingerprint density at radius 1 is 1.33 bits per heavy atom. The maximum absolute atomic E-state index is 11.9. The summed E-state index contributed by atoms with van der Waals surface area (Å²) in [5, 5.41) is 0. The number of carbonyl (C=O) groups is 1. The van der Waals surface area contributed by atoms with Crippen LogP contribution in [0.1, 0.15) is 20.8 Å². The van der Waals surface area contributed by atoms with Gasteiger partial charge in [0, 0.05) is 51.0 Å². The first-order chi connectivity index (χ1) is 8.63. The second-order valence-electron chi connectivity index (χ2n) is 4.98. The highest BCUT2D eigenvalue weighted by atomic mass is 16.2. The quantitative estimate of drug-likeness (QED) is 0.809. The van der Waals surface area contributed by atoms with Gasteiger partial charge in [0.15, 0.2) is 0 Å². The van der Waals surface area contributed by atoms with Gasteiger partial charge < -0.3 is 14.4 Å². The molecule has 0 spiro atoms. The third kappa shape index (κ3) is 2.49. The summed E-state index contributed by atoms with van der Waals surface area (Å²) in [6.45, 7) is 10.3. The molecular formula is C13H22N4O. The summed E-state index contributed by atoms with van der Waals surface area (Å²) in [5.41, 5.74) is 0. The second kappa shape index (κ2) is 5.42. The lowest BCUT2D eigenvalue weighted by molar-refractivity contribution is -0.134. The zero-order valence-electron chi connectivity index (χ0n) is 11.5. The van der Waals surface area contributed by atoms with E-state index in [2.05, 4.69) is 21.4 Å². The van der Waals surface area contributed by atoms with Crippen molar-refractivity contribution in [3.63, 3.8) is 0 Å². The SMILES string of the molecule is CCn1ccnc1N1CCN(C(=O)C(C)C)CC1. The molecule has 1 saturated heterocycles. The number of carbonyl (C=O) groups excluding carboxylic acids is 1. The highest BCUT2D eigenvalue weighted by Crippen LogP contribution is 2.15. The molecule has 1 amide bonds. The molecule has 2 heterocycles. The monoisotopic (exact) mass is 250 g/mol. The molecule has 18 heavy (non-hydrogen) atoms. The van der Waals surface area contributed by atoms with Crippen LogP contribution >= 0.6 is 0 Å². The van der Waals surface area contributed by atoms with Gasteiger partial charge in [-0.15, -0.1) is 0 Å². The molecule has 1 aromatic heterocycles. The average molecular weight is 250 g/mol. The molecule has 0 N–H and O–H groups in total. The van der Waals surface area contributed by atoms with E-state index in [0.29, 0.717) is 0 Å². The fraction of sp³-hybridized carbons (Fsp3) is 0.692. The van der Waals surface area contributed by atoms with Crippen LogP contribution in [-0.4, -0.2) is 46.5 Å². The lowest BCUT2D eigenvalue weighted by Gasteiger charge is -2.36. The van der Waals surface area contributed by atoms with Gasteiger partial charge in [-0.25, -0.2) is 4.98 Å². The van der Waals surface area contributed by atoms with E-state index in [-0.39, 0.29) is 11.8 Å². The van der Waals surface area contributed by atoms with Crippen molar-refractivity contribution in [3.05, 3.63) is 12.4 Å². The van der Waals surface area contributed by atoms with Crippen LogP contribution in [0.3, 0.4) is 0 Å². The zero-order chi connectivity index (χ0) is 13.1. The first kappa shape index (κ1) is 12.9. The Morgan fingerprint density at radius 3 is 2.56 bits per heavy atom. The number of imidazole rings is 1. The van der Waals surface area contributed by atoms with Crippen LogP contribution in [-0.2, 0) is 11.3 Å². The second-order valence-corrected chi connectivity index (χ2v) is 4.98. The van der Waals surface area contributed by atoms with Crippen molar-refractivity contribution >= 4 is 11.9 Å². The third-order valence-corrected chi connectivity index (χ3v) is 3.40. The van der Waals surface area contributed by atoms with Gasteiger partial charge in [-0.05, 0) is 6.92 Å². The molecule has 5 heteroatoms. The lowest BCUT2D eigenvalue weighted by Crippen LogP contribution is -2.50. The van der Waals surface area contributed by atoms with Crippen molar-refractivity contribution in [3.8, 4) is 0 Å². The van der Waals surface area contributed by atoms with E-state index in [1.165, 1.54) is 0 Å². The van der Waals surface area contributed by atoms with Crippen molar-refractivity contribution in [2.75, 3.05) is 31.1 Å². The van der Waals surface area contributed by atoms with Gasteiger partial charge in [-0.1, -0.05) is 13.8 Å². The van der Waals surface area contributed by atoms with Gasteiger partial charge in [-0.3, -0.25) is 4.79 Å². The van der Waals surface area contributed by atoms with Crippen LogP contribution in [0.5, 0.6) is 0 Å². The molecule has 5 nitrogen and oxygen atoms in total. The van der Waals surface area contributed by atoms with Gasteiger partial charge in [0.1, 0.15) is 0 Å². The summed E-state index contributed by atoms with van der Waals surface area (Å²) >= 11 is 0. The van der Waals surface area contributed by atoms with Gasteiger partial charge >= 0.3 is 0 Å². The van der Waals surface area contributed by atoms with E-state index in [1.807, 2.05) is 31.1 Å². The molecule has 1 fully saturated rings. The standard InChI is InChI=1S/C13H22N4O/c1-4-15-6-5-14-13(15)17-9-7-16(8-10-17)12(18)11(2)3/h5-6,11H,4,7-10H2,1-3H3. The molecule has 0 aliphatic carbocycles. The van der Waals surface area contributed by atoms with E-state index in [9.17, 15) is 4.79 Å². The summed E-state index contributed by atoms with van der Waals surface area (Å²) < 4.78 is 2.14. The predicted molar refractivity (Wildman–Crippen MR) is 71.5 cm³/mol. The van der Waals surface area contributed by atoms with Gasteiger partial charge in [0.25, 0.3) is 0 Å². The Morgan fingerprint density at radius 2 is 2.00 bits per heavy atom. The molecule has 1 aromatic rings. The minimum atomic E-state index is 0.0918. The van der Waals surface area contributed by atoms with Crippen LogP contribution < -0.4 is 4.90 Å². The minimum Gasteiger partial charge on any atom is -0.339 e. The third-order valence-electron chi connectivity index (χ3n) is 3.40. The number of rotatable bonds is 3. The van der Waals surface area contributed by atoms with Crippen LogP contribution in [0.25, 0.3) is 0 Å². The van der Waals surface area contributed by atoms with Crippen LogP contribution in [0, 0.1) is 5.92 Å². The average Bonchev–Trinajstić information content (AvgIpc) is 2.86. The Bertz CT molecular complexity index is 405. The summed E-state index contributed by atoms with van der Waals surface area (Å²) in [6, 6.07) is 0. The molecule has 1 aliphatic rings. The van der Waals surface area contributed by atoms with Gasteiger partial charge in [-0.2, -0.15) is 0 Å². The van der Waals surface area contributed by atoms with E-state index in [4.69, 9.17) is 0 Å². The molecule has 0 bridgehead atoms. The highest BCUT2D eigenvalue weighted by Gasteiger charge is 2.24. The summed E-state index contributed by atoms with van der Waals surface area (Å²) in [7, 11) is 0. The number of nitrogens with zero attached hydrogens (tertiary/aromatic N) is 4. The smallest absolute Gasteiger partial charge is 0.225 e. The topological polar surface area (TPSA) is 41.4 Å². The van der Waals surface area contributed by atoms with E-state index in [1.54, 1.807) is 0 Å². The van der Waals surface area contributed by atoms with Gasteiger partial charge in [0.05, 0.1) is 0 Å². The van der Waals surface area contributed by atoms with Crippen molar-refractivity contribution in [2.45, 2.75) is 27.3 Å². The molecule has 0 aromatic carbocycles. The van der Waals surface area contributed by atoms with E-state index >= 15 is 0 Å². The molecule has 0 atom stereocenters. The molecule has 0 radical (unpaired) electrons. The number of anilines is 1. The largest absolute Gasteiger partial charge is 0.339 e. The summed E-state index contributed by atoms with van der Waals surface area (Å²) in [6.07, 6.45) is 3.84. The molecule has 1 aliphatic heterocycles. The van der Waals surface area contributed by atoms with Crippen molar-refractivity contribution in [2.24, 2.45) is 5.92 Å². The van der Waals surface area contributed by atoms with Gasteiger partial charge in [0.2, 0.25) is 11.9 Å². The fourth-order valence-corrected chi connectivity index (χ4v) is 2.32. The maximum atomic E-state index is 11.9. The van der Waals surface area contributed by atoms with Crippen LogP contribution in [0.15, 0.2) is 12.4 Å². The number of amides is 1. The number of aromatic nitrogens is 2. The van der Waals surface area contributed by atoms with E-state index < -0.39 is 0 Å². The van der Waals surface area contributed by atoms with Crippen molar-refractivity contribution < 1.29 is 4.79 Å². The first-order valence-corrected chi connectivity index (χ1v) is 6.68. The Kier molecular flexibility index (Phi) is 3.89. The molecule has 2 rings (SSSR count). The summed E-state index contributed by atoms with van der Waals surface area (Å²) in [5.74, 6) is 1.37. The van der Waals surface area contributed by atoms with Crippen LogP contribution in [0.4, 0.5) is 5.95 Å². The molecule has 0 unspecified atom stereocenters. The molecule has 0 saturated carbocycles. The number of piperazine rings is 1. The molecular weight excluding hydrogens is 228 g/mol. The lowest BCUT2D eigenvalue weighted by atomic mass is 10.1. The normalized spacial score (nSPS) is 16.4. The number of hydrogen-bond acceptors (Lipinski definition) is 3. The Labute approximate surface area is 108 Å². The predicted octanol–water partition coefficient (Wildman–Crippen LogP) is 1.21. The van der Waals surface area contributed by atoms with E-state index in [0.717, 1.165) is 38.7 Å². The summed E-state index contributed by atoms with van der Waals surface area (Å²) in [4.78, 5) is 20.5. The fourth-order valence-electron chi connectivity index (χ4n) is 2.32. The maximum Gasteiger partial charge on any atom is 0.225 e. The number of aryl methyl sites for hydroxylation is 1. The van der Waals surface area contributed by atoms with Crippen molar-refractivity contribution in [1.82, 2.24) is 14.5 Å². The Hall–Kier alpha value is -1.52. The number of hydrogen-bond donors (Lipinski definition) is 0. The Balaban J connectivity index is 1.96. The first-order valence-electron chi connectivity index (χ1n) is 6.68. The zero-order valence-corrected chi connectivity index (χ0v) is 11.5.